The van der Waals surface area contributed by atoms with Crippen molar-refractivity contribution >= 4 is 0 Å². The van der Waals surface area contributed by atoms with Crippen molar-refractivity contribution < 1.29 is 33.5 Å². The summed E-state index contributed by atoms with van der Waals surface area (Å²) in [7, 11) is 1.60. The van der Waals surface area contributed by atoms with E-state index in [-0.39, 0.29) is 6.10 Å². The van der Waals surface area contributed by atoms with Crippen molar-refractivity contribution in [1.29, 1.82) is 0 Å². The molecule has 2 saturated heterocycles. The number of ether oxygens (including phenoxy) is 6. The Balaban J connectivity index is 1.73. The molecule has 27 heavy (non-hydrogen) atoms. The molecule has 2 unspecified atom stereocenters. The quantitative estimate of drug-likeness (QED) is 0.726. The molecule has 1 aromatic carbocycles. The van der Waals surface area contributed by atoms with Crippen molar-refractivity contribution in [2.45, 2.75) is 70.1 Å². The molecule has 0 amide bonds. The van der Waals surface area contributed by atoms with E-state index in [2.05, 4.69) is 6.92 Å². The molecule has 7 heteroatoms. The summed E-state index contributed by atoms with van der Waals surface area (Å²) in [4.78, 5) is 0. The average Bonchev–Trinajstić information content (AvgIpc) is 2.65. The highest BCUT2D eigenvalue weighted by Gasteiger charge is 2.52. The summed E-state index contributed by atoms with van der Waals surface area (Å²) in [6.45, 7) is 6.68. The first kappa shape index (κ1) is 20.4. The standard InChI is InChI=1S/C20H30O7/c1-5-6-11-23-18-16(21)19(25-14-9-7-13(22-4)8-10-14)26-15-12-24-20(2,3)27-17(15)18/h7-10,15-19,21H,5-6,11-12H2,1-4H3/t15?,16-,17+,18?,19+/m0/s1. The smallest absolute Gasteiger partial charge is 0.229 e. The number of hydrogen-bond donors (Lipinski definition) is 1. The number of rotatable bonds is 7. The first-order valence-corrected chi connectivity index (χ1v) is 9.51. The third-order valence-corrected chi connectivity index (χ3v) is 4.75. The average molecular weight is 382 g/mol. The normalized spacial score (nSPS) is 32.6. The third kappa shape index (κ3) is 4.92. The summed E-state index contributed by atoms with van der Waals surface area (Å²) in [5.41, 5.74) is 0. The van der Waals surface area contributed by atoms with Gasteiger partial charge in [-0.2, -0.15) is 0 Å². The highest BCUT2D eigenvalue weighted by Crippen LogP contribution is 2.34. The van der Waals surface area contributed by atoms with E-state index in [4.69, 9.17) is 28.4 Å². The fourth-order valence-corrected chi connectivity index (χ4v) is 3.26. The van der Waals surface area contributed by atoms with Crippen LogP contribution in [-0.2, 0) is 18.9 Å². The molecule has 3 rings (SSSR count). The van der Waals surface area contributed by atoms with Crippen LogP contribution in [0.1, 0.15) is 33.6 Å². The predicted molar refractivity (Wildman–Crippen MR) is 97.8 cm³/mol. The molecule has 0 radical (unpaired) electrons. The lowest BCUT2D eigenvalue weighted by molar-refractivity contribution is -0.377. The third-order valence-electron chi connectivity index (χ3n) is 4.75. The van der Waals surface area contributed by atoms with Gasteiger partial charge < -0.3 is 33.5 Å². The molecule has 2 fully saturated rings. The molecule has 1 N–H and O–H groups in total. The summed E-state index contributed by atoms with van der Waals surface area (Å²) in [6, 6.07) is 7.12. The van der Waals surface area contributed by atoms with Crippen molar-refractivity contribution in [2.24, 2.45) is 0 Å². The summed E-state index contributed by atoms with van der Waals surface area (Å²) in [6.07, 6.45) is -1.30. The lowest BCUT2D eigenvalue weighted by atomic mass is 9.97. The highest BCUT2D eigenvalue weighted by molar-refractivity contribution is 5.31. The highest BCUT2D eigenvalue weighted by atomic mass is 16.8. The molecule has 7 nitrogen and oxygen atoms in total. The van der Waals surface area contributed by atoms with Gasteiger partial charge in [0, 0.05) is 6.61 Å². The summed E-state index contributed by atoms with van der Waals surface area (Å²) in [5.74, 6) is 0.550. The predicted octanol–water partition coefficient (Wildman–Crippen LogP) is 2.50. The van der Waals surface area contributed by atoms with Gasteiger partial charge in [0.1, 0.15) is 35.9 Å². The molecule has 0 aliphatic carbocycles. The second-order valence-electron chi connectivity index (χ2n) is 7.31. The van der Waals surface area contributed by atoms with Gasteiger partial charge in [0.15, 0.2) is 5.79 Å². The second kappa shape index (κ2) is 8.75. The Hall–Kier alpha value is -1.38. The number of aliphatic hydroxyl groups excluding tert-OH is 1. The molecule has 152 valence electrons. The van der Waals surface area contributed by atoms with E-state index in [0.717, 1.165) is 18.6 Å². The zero-order chi connectivity index (χ0) is 19.4. The molecule has 2 heterocycles. The van der Waals surface area contributed by atoms with Crippen LogP contribution >= 0.6 is 0 Å². The molecule has 5 atom stereocenters. The Morgan fingerprint density at radius 2 is 1.89 bits per heavy atom. The van der Waals surface area contributed by atoms with E-state index in [1.54, 1.807) is 31.4 Å². The zero-order valence-electron chi connectivity index (χ0n) is 16.4. The van der Waals surface area contributed by atoms with Crippen LogP contribution in [0.2, 0.25) is 0 Å². The van der Waals surface area contributed by atoms with Gasteiger partial charge in [-0.15, -0.1) is 0 Å². The second-order valence-corrected chi connectivity index (χ2v) is 7.31. The van der Waals surface area contributed by atoms with Crippen LogP contribution in [0.4, 0.5) is 0 Å². The molecular weight excluding hydrogens is 352 g/mol. The minimum absolute atomic E-state index is 0.348. The summed E-state index contributed by atoms with van der Waals surface area (Å²) in [5, 5.41) is 10.9. The SMILES string of the molecule is CCCCOC1[C@@H]2OC(C)(C)OCC2O[C@@H](Oc2ccc(OC)cc2)[C@H]1O. The number of aliphatic hydroxyl groups is 1. The van der Waals surface area contributed by atoms with Crippen LogP contribution in [-0.4, -0.2) is 61.9 Å². The van der Waals surface area contributed by atoms with Crippen LogP contribution in [0, 0.1) is 0 Å². The van der Waals surface area contributed by atoms with Crippen molar-refractivity contribution in [3.8, 4) is 11.5 Å². The van der Waals surface area contributed by atoms with E-state index in [9.17, 15) is 5.11 Å². The Morgan fingerprint density at radius 1 is 1.19 bits per heavy atom. The van der Waals surface area contributed by atoms with Gasteiger partial charge in [-0.1, -0.05) is 13.3 Å². The van der Waals surface area contributed by atoms with Crippen LogP contribution in [0.5, 0.6) is 11.5 Å². The Morgan fingerprint density at radius 3 is 2.56 bits per heavy atom. The maximum Gasteiger partial charge on any atom is 0.229 e. The Labute approximate surface area is 160 Å². The maximum atomic E-state index is 10.9. The molecule has 2 aliphatic heterocycles. The largest absolute Gasteiger partial charge is 0.497 e. The van der Waals surface area contributed by atoms with Crippen molar-refractivity contribution in [1.82, 2.24) is 0 Å². The number of unbranched alkanes of at least 4 members (excludes halogenated alkanes) is 1. The number of methoxy groups -OCH3 is 1. The minimum Gasteiger partial charge on any atom is -0.497 e. The van der Waals surface area contributed by atoms with Gasteiger partial charge in [-0.25, -0.2) is 0 Å². The van der Waals surface area contributed by atoms with Crippen LogP contribution in [0.3, 0.4) is 0 Å². The van der Waals surface area contributed by atoms with Crippen LogP contribution < -0.4 is 9.47 Å². The van der Waals surface area contributed by atoms with E-state index in [0.29, 0.717) is 19.0 Å². The van der Waals surface area contributed by atoms with Crippen LogP contribution in [0.15, 0.2) is 24.3 Å². The van der Waals surface area contributed by atoms with Crippen molar-refractivity contribution in [2.75, 3.05) is 20.3 Å². The van der Waals surface area contributed by atoms with Gasteiger partial charge in [0.05, 0.1) is 13.7 Å². The van der Waals surface area contributed by atoms with Gasteiger partial charge in [-0.05, 0) is 44.5 Å². The first-order valence-electron chi connectivity index (χ1n) is 9.51. The molecule has 0 spiro atoms. The number of hydrogen-bond acceptors (Lipinski definition) is 7. The van der Waals surface area contributed by atoms with Gasteiger partial charge in [-0.3, -0.25) is 0 Å². The lowest BCUT2D eigenvalue weighted by Gasteiger charge is -2.49. The molecule has 1 aromatic rings. The molecule has 0 bridgehead atoms. The van der Waals surface area contributed by atoms with Gasteiger partial charge in [0.2, 0.25) is 6.29 Å². The molecular formula is C20H30O7. The van der Waals surface area contributed by atoms with Gasteiger partial charge >= 0.3 is 0 Å². The Bertz CT molecular complexity index is 588. The lowest BCUT2D eigenvalue weighted by Crippen LogP contribution is -2.66. The molecule has 0 aromatic heterocycles. The first-order chi connectivity index (χ1) is 12.9. The van der Waals surface area contributed by atoms with E-state index < -0.39 is 30.4 Å². The fourth-order valence-electron chi connectivity index (χ4n) is 3.26. The monoisotopic (exact) mass is 382 g/mol. The minimum atomic E-state index is -0.987. The van der Waals surface area contributed by atoms with Gasteiger partial charge in [0.25, 0.3) is 0 Å². The van der Waals surface area contributed by atoms with E-state index in [1.807, 2.05) is 13.8 Å². The number of benzene rings is 1. The topological polar surface area (TPSA) is 75.6 Å². The summed E-state index contributed by atoms with van der Waals surface area (Å²) < 4.78 is 34.7. The summed E-state index contributed by atoms with van der Waals surface area (Å²) >= 11 is 0. The number of fused-ring (bicyclic) bond motifs is 1. The van der Waals surface area contributed by atoms with Crippen LogP contribution in [0.25, 0.3) is 0 Å². The zero-order valence-corrected chi connectivity index (χ0v) is 16.4. The van der Waals surface area contributed by atoms with Crippen molar-refractivity contribution in [3.63, 3.8) is 0 Å². The molecule has 2 aliphatic rings. The van der Waals surface area contributed by atoms with E-state index in [1.165, 1.54) is 0 Å². The molecule has 0 saturated carbocycles. The maximum absolute atomic E-state index is 10.9. The van der Waals surface area contributed by atoms with E-state index >= 15 is 0 Å². The fraction of sp³-hybridized carbons (Fsp3) is 0.700. The Kier molecular flexibility index (Phi) is 6.60. The van der Waals surface area contributed by atoms with Crippen molar-refractivity contribution in [3.05, 3.63) is 24.3 Å².